The summed E-state index contributed by atoms with van der Waals surface area (Å²) in [5, 5.41) is 26.2. The molecule has 6 heteroatoms. The molecule has 2 heterocycles. The van der Waals surface area contributed by atoms with E-state index in [4.69, 9.17) is 9.47 Å². The molecule has 0 aliphatic heterocycles. The lowest BCUT2D eigenvalue weighted by Gasteiger charge is -2.46. The van der Waals surface area contributed by atoms with E-state index >= 15 is 0 Å². The standard InChI is InChI=1S/C26H26N2O4/c1-3-31-25-17-11-7-5-9-15(17)13-27-21(25)19-23(29)20(24(19)30)22-26(32-4-2)18-12-8-6-10-16(18)14-28-22/h5-14,19-20,23-24,29-30H,3-4H2,1-2H3. The highest BCUT2D eigenvalue weighted by Crippen LogP contribution is 2.52. The third-order valence-corrected chi connectivity index (χ3v) is 6.24. The Morgan fingerprint density at radius 2 is 1.09 bits per heavy atom. The molecule has 0 saturated heterocycles. The van der Waals surface area contributed by atoms with Gasteiger partial charge in [0, 0.05) is 33.9 Å². The van der Waals surface area contributed by atoms with E-state index in [0.29, 0.717) is 36.1 Å². The van der Waals surface area contributed by atoms with Gasteiger partial charge in [-0.2, -0.15) is 0 Å². The largest absolute Gasteiger partial charge is 0.491 e. The predicted octanol–water partition coefficient (Wildman–Crippen LogP) is 4.18. The van der Waals surface area contributed by atoms with E-state index in [9.17, 15) is 10.2 Å². The van der Waals surface area contributed by atoms with E-state index in [1.54, 1.807) is 12.4 Å². The summed E-state index contributed by atoms with van der Waals surface area (Å²) in [6, 6.07) is 15.7. The average molecular weight is 431 g/mol. The highest BCUT2D eigenvalue weighted by molar-refractivity contribution is 5.89. The van der Waals surface area contributed by atoms with Crippen LogP contribution in [0.4, 0.5) is 0 Å². The van der Waals surface area contributed by atoms with Crippen molar-refractivity contribution >= 4 is 21.5 Å². The molecule has 0 bridgehead atoms. The van der Waals surface area contributed by atoms with Gasteiger partial charge in [0.25, 0.3) is 0 Å². The summed E-state index contributed by atoms with van der Waals surface area (Å²) in [5.74, 6) is 0.0788. The van der Waals surface area contributed by atoms with Crippen LogP contribution in [0.15, 0.2) is 60.9 Å². The Morgan fingerprint density at radius 1 is 0.688 bits per heavy atom. The second-order valence-corrected chi connectivity index (χ2v) is 8.02. The lowest BCUT2D eigenvalue weighted by Crippen LogP contribution is -2.52. The topological polar surface area (TPSA) is 84.7 Å². The van der Waals surface area contributed by atoms with Crippen molar-refractivity contribution in [1.82, 2.24) is 9.97 Å². The van der Waals surface area contributed by atoms with Gasteiger partial charge in [0.05, 0.1) is 48.6 Å². The number of pyridine rings is 2. The zero-order valence-corrected chi connectivity index (χ0v) is 18.1. The van der Waals surface area contributed by atoms with Crippen molar-refractivity contribution in [3.05, 3.63) is 72.3 Å². The molecular weight excluding hydrogens is 404 g/mol. The molecule has 1 saturated carbocycles. The Bertz CT molecular complexity index is 1170. The zero-order chi connectivity index (χ0) is 22.2. The number of nitrogens with zero attached hydrogens (tertiary/aromatic N) is 2. The number of fused-ring (bicyclic) bond motifs is 2. The normalized spacial score (nSPS) is 22.6. The second-order valence-electron chi connectivity index (χ2n) is 8.02. The third-order valence-electron chi connectivity index (χ3n) is 6.24. The minimum Gasteiger partial charge on any atom is -0.491 e. The SMILES string of the molecule is CCOc1c(C2C(O)C(c3ncc4ccccc4c3OCC)C2O)ncc2ccccc12. The van der Waals surface area contributed by atoms with Gasteiger partial charge in [-0.15, -0.1) is 0 Å². The maximum absolute atomic E-state index is 11.2. The Morgan fingerprint density at radius 3 is 1.50 bits per heavy atom. The van der Waals surface area contributed by atoms with Crippen LogP contribution >= 0.6 is 0 Å². The van der Waals surface area contributed by atoms with Crippen molar-refractivity contribution in [3.8, 4) is 11.5 Å². The summed E-state index contributed by atoms with van der Waals surface area (Å²) in [7, 11) is 0. The van der Waals surface area contributed by atoms with Gasteiger partial charge in [-0.3, -0.25) is 9.97 Å². The van der Waals surface area contributed by atoms with Crippen molar-refractivity contribution in [3.63, 3.8) is 0 Å². The van der Waals surface area contributed by atoms with E-state index in [1.807, 2.05) is 62.4 Å². The van der Waals surface area contributed by atoms with Gasteiger partial charge in [0.1, 0.15) is 11.5 Å². The van der Waals surface area contributed by atoms with Crippen molar-refractivity contribution < 1.29 is 19.7 Å². The molecule has 2 aromatic carbocycles. The second kappa shape index (κ2) is 8.37. The van der Waals surface area contributed by atoms with Crippen LogP contribution in [0, 0.1) is 0 Å². The maximum Gasteiger partial charge on any atom is 0.149 e. The van der Waals surface area contributed by atoms with E-state index in [2.05, 4.69) is 9.97 Å². The van der Waals surface area contributed by atoms with Gasteiger partial charge in [0.15, 0.2) is 0 Å². The molecule has 5 rings (SSSR count). The van der Waals surface area contributed by atoms with Crippen LogP contribution in [0.5, 0.6) is 11.5 Å². The summed E-state index contributed by atoms with van der Waals surface area (Å²) in [4.78, 5) is 9.18. The van der Waals surface area contributed by atoms with Crippen molar-refractivity contribution in [1.29, 1.82) is 0 Å². The van der Waals surface area contributed by atoms with Crippen molar-refractivity contribution in [2.24, 2.45) is 0 Å². The fourth-order valence-electron chi connectivity index (χ4n) is 4.72. The Kier molecular flexibility index (Phi) is 5.41. The van der Waals surface area contributed by atoms with Gasteiger partial charge < -0.3 is 19.7 Å². The Hall–Kier alpha value is -3.22. The molecule has 1 fully saturated rings. The van der Waals surface area contributed by atoms with Crippen LogP contribution in [0.3, 0.4) is 0 Å². The first-order valence-corrected chi connectivity index (χ1v) is 11.0. The van der Waals surface area contributed by atoms with E-state index < -0.39 is 24.0 Å². The molecule has 1 aliphatic carbocycles. The molecule has 2 aromatic heterocycles. The third kappa shape index (κ3) is 3.18. The summed E-state index contributed by atoms with van der Waals surface area (Å²) in [5.41, 5.74) is 1.14. The van der Waals surface area contributed by atoms with Crippen LogP contribution in [0.25, 0.3) is 21.5 Å². The molecular formula is C26H26N2O4. The molecule has 2 N–H and O–H groups in total. The number of benzene rings is 2. The van der Waals surface area contributed by atoms with Crippen molar-refractivity contribution in [2.45, 2.75) is 37.9 Å². The molecule has 0 atom stereocenters. The van der Waals surface area contributed by atoms with Gasteiger partial charge >= 0.3 is 0 Å². The van der Waals surface area contributed by atoms with Gasteiger partial charge in [-0.05, 0) is 13.8 Å². The molecule has 32 heavy (non-hydrogen) atoms. The molecule has 164 valence electrons. The van der Waals surface area contributed by atoms with E-state index in [-0.39, 0.29) is 0 Å². The zero-order valence-electron chi connectivity index (χ0n) is 18.1. The first-order valence-electron chi connectivity index (χ1n) is 11.0. The lowest BCUT2D eigenvalue weighted by molar-refractivity contribution is -0.0826. The first kappa shape index (κ1) is 20.7. The predicted molar refractivity (Wildman–Crippen MR) is 123 cm³/mol. The fraction of sp³-hybridized carbons (Fsp3) is 0.308. The quantitative estimate of drug-likeness (QED) is 0.477. The monoisotopic (exact) mass is 430 g/mol. The Labute approximate surface area is 186 Å². The Balaban J connectivity index is 1.56. The summed E-state index contributed by atoms with van der Waals surface area (Å²) >= 11 is 0. The van der Waals surface area contributed by atoms with Crippen LogP contribution in [-0.4, -0.2) is 45.6 Å². The number of hydrogen-bond donors (Lipinski definition) is 2. The molecule has 0 spiro atoms. The maximum atomic E-state index is 11.2. The number of hydrogen-bond acceptors (Lipinski definition) is 6. The molecule has 0 amide bonds. The minimum atomic E-state index is -0.870. The lowest BCUT2D eigenvalue weighted by atomic mass is 9.65. The highest BCUT2D eigenvalue weighted by atomic mass is 16.5. The number of aliphatic hydroxyl groups excluding tert-OH is 2. The number of aliphatic hydroxyl groups is 2. The van der Waals surface area contributed by atoms with Crippen LogP contribution in [0.2, 0.25) is 0 Å². The molecule has 4 aromatic rings. The minimum absolute atomic E-state index is 0.464. The van der Waals surface area contributed by atoms with E-state index in [1.165, 1.54) is 0 Å². The summed E-state index contributed by atoms with van der Waals surface area (Å²) in [6.45, 7) is 4.75. The van der Waals surface area contributed by atoms with Crippen molar-refractivity contribution in [2.75, 3.05) is 13.2 Å². The van der Waals surface area contributed by atoms with Crippen LogP contribution in [0.1, 0.15) is 37.1 Å². The smallest absolute Gasteiger partial charge is 0.149 e. The average Bonchev–Trinajstić information content (AvgIpc) is 2.82. The molecule has 1 aliphatic rings. The van der Waals surface area contributed by atoms with Gasteiger partial charge in [-0.25, -0.2) is 0 Å². The number of rotatable bonds is 6. The van der Waals surface area contributed by atoms with E-state index in [0.717, 1.165) is 21.5 Å². The summed E-state index contributed by atoms with van der Waals surface area (Å²) < 4.78 is 11.9. The van der Waals surface area contributed by atoms with Crippen LogP contribution < -0.4 is 9.47 Å². The molecule has 0 unspecified atom stereocenters. The molecule has 0 radical (unpaired) electrons. The molecule has 6 nitrogen and oxygen atoms in total. The summed E-state index contributed by atoms with van der Waals surface area (Å²) in [6.07, 6.45) is 1.79. The van der Waals surface area contributed by atoms with Gasteiger partial charge in [-0.1, -0.05) is 48.5 Å². The van der Waals surface area contributed by atoms with Crippen LogP contribution in [-0.2, 0) is 0 Å². The van der Waals surface area contributed by atoms with Gasteiger partial charge in [0.2, 0.25) is 0 Å². The number of ether oxygens (including phenoxy) is 2. The first-order chi connectivity index (χ1) is 15.7. The number of aromatic nitrogens is 2. The highest BCUT2D eigenvalue weighted by Gasteiger charge is 2.54. The fourth-order valence-corrected chi connectivity index (χ4v) is 4.72.